The van der Waals surface area contributed by atoms with Crippen LogP contribution in [0.15, 0.2) is 6.33 Å². The molecular formula is C8H17Cl2N3. The number of aryl methyl sites for hydroxylation is 1. The van der Waals surface area contributed by atoms with Crippen molar-refractivity contribution in [1.29, 1.82) is 0 Å². The number of rotatable bonds is 4. The highest BCUT2D eigenvalue weighted by Crippen LogP contribution is 1.99. The average Bonchev–Trinajstić information content (AvgIpc) is 2.37. The van der Waals surface area contributed by atoms with E-state index in [-0.39, 0.29) is 24.8 Å². The van der Waals surface area contributed by atoms with Crippen LogP contribution in [0.4, 0.5) is 0 Å². The first-order valence-electron chi connectivity index (χ1n) is 4.04. The van der Waals surface area contributed by atoms with Crippen LogP contribution in [0.25, 0.3) is 0 Å². The van der Waals surface area contributed by atoms with Crippen molar-refractivity contribution in [3.63, 3.8) is 0 Å². The van der Waals surface area contributed by atoms with Crippen LogP contribution < -0.4 is 5.32 Å². The maximum Gasteiger partial charge on any atom is 0.0925 e. The van der Waals surface area contributed by atoms with Crippen molar-refractivity contribution >= 4 is 24.8 Å². The topological polar surface area (TPSA) is 40.7 Å². The van der Waals surface area contributed by atoms with E-state index in [4.69, 9.17) is 0 Å². The summed E-state index contributed by atoms with van der Waals surface area (Å²) in [7, 11) is 0. The van der Waals surface area contributed by atoms with E-state index >= 15 is 0 Å². The predicted octanol–water partition coefficient (Wildman–Crippen LogP) is 1.71. The zero-order valence-corrected chi connectivity index (χ0v) is 9.60. The molecule has 0 unspecified atom stereocenters. The molecule has 78 valence electrons. The molecule has 1 aromatic rings. The SMILES string of the molecule is CCNCCc1nc[nH]c1C.Cl.Cl. The fraction of sp³-hybridized carbons (Fsp3) is 0.625. The normalized spacial score (nSPS) is 8.77. The fourth-order valence-electron chi connectivity index (χ4n) is 1.02. The van der Waals surface area contributed by atoms with Crippen LogP contribution in [0, 0.1) is 6.92 Å². The number of nitrogens with zero attached hydrogens (tertiary/aromatic N) is 1. The predicted molar refractivity (Wildman–Crippen MR) is 60.1 cm³/mol. The first-order valence-corrected chi connectivity index (χ1v) is 4.04. The largest absolute Gasteiger partial charge is 0.348 e. The Kier molecular flexibility index (Phi) is 9.79. The van der Waals surface area contributed by atoms with Gasteiger partial charge in [-0.15, -0.1) is 24.8 Å². The maximum absolute atomic E-state index is 4.19. The van der Waals surface area contributed by atoms with Crippen molar-refractivity contribution in [3.8, 4) is 0 Å². The highest BCUT2D eigenvalue weighted by atomic mass is 35.5. The molecule has 0 radical (unpaired) electrons. The molecular weight excluding hydrogens is 209 g/mol. The van der Waals surface area contributed by atoms with Gasteiger partial charge in [0, 0.05) is 18.7 Å². The summed E-state index contributed by atoms with van der Waals surface area (Å²) in [5.74, 6) is 0. The Balaban J connectivity index is 0. The molecule has 0 fully saturated rings. The molecule has 0 spiro atoms. The molecule has 0 aliphatic carbocycles. The molecule has 0 amide bonds. The summed E-state index contributed by atoms with van der Waals surface area (Å²) >= 11 is 0. The molecule has 0 atom stereocenters. The van der Waals surface area contributed by atoms with Gasteiger partial charge in [0.2, 0.25) is 0 Å². The standard InChI is InChI=1S/C8H15N3.2ClH/c1-3-9-5-4-8-7(2)10-6-11-8;;/h6,9H,3-5H2,1-2H3,(H,10,11);2*1H. The third-order valence-electron chi connectivity index (χ3n) is 1.72. The Morgan fingerprint density at radius 2 is 2.15 bits per heavy atom. The zero-order valence-electron chi connectivity index (χ0n) is 7.96. The second-order valence-corrected chi connectivity index (χ2v) is 2.58. The van der Waals surface area contributed by atoms with Crippen LogP contribution in [0.3, 0.4) is 0 Å². The van der Waals surface area contributed by atoms with E-state index in [1.165, 1.54) is 11.4 Å². The van der Waals surface area contributed by atoms with Crippen molar-refractivity contribution < 1.29 is 0 Å². The number of likely N-dealkylation sites (N-methyl/N-ethyl adjacent to an activating group) is 1. The van der Waals surface area contributed by atoms with E-state index in [1.54, 1.807) is 6.33 Å². The minimum absolute atomic E-state index is 0. The Hall–Kier alpha value is -0.250. The first kappa shape index (κ1) is 15.2. The fourth-order valence-corrected chi connectivity index (χ4v) is 1.02. The number of hydrogen-bond acceptors (Lipinski definition) is 2. The van der Waals surface area contributed by atoms with Crippen molar-refractivity contribution in [3.05, 3.63) is 17.7 Å². The molecule has 0 aliphatic heterocycles. The number of aromatic nitrogens is 2. The molecule has 1 aromatic heterocycles. The minimum Gasteiger partial charge on any atom is -0.348 e. The first-order chi connectivity index (χ1) is 5.34. The van der Waals surface area contributed by atoms with Gasteiger partial charge in [-0.05, 0) is 13.5 Å². The van der Waals surface area contributed by atoms with Gasteiger partial charge in [-0.2, -0.15) is 0 Å². The highest BCUT2D eigenvalue weighted by Gasteiger charge is 1.98. The minimum atomic E-state index is 0. The number of halogens is 2. The van der Waals surface area contributed by atoms with Crippen LogP contribution >= 0.6 is 24.8 Å². The molecule has 1 rings (SSSR count). The molecule has 2 N–H and O–H groups in total. The lowest BCUT2D eigenvalue weighted by Gasteiger charge is -1.98. The summed E-state index contributed by atoms with van der Waals surface area (Å²) in [6, 6.07) is 0. The molecule has 0 aliphatic rings. The van der Waals surface area contributed by atoms with Crippen LogP contribution in [0.5, 0.6) is 0 Å². The highest BCUT2D eigenvalue weighted by molar-refractivity contribution is 5.85. The lowest BCUT2D eigenvalue weighted by Crippen LogP contribution is -2.16. The van der Waals surface area contributed by atoms with Crippen molar-refractivity contribution in [2.45, 2.75) is 20.3 Å². The Bertz CT molecular complexity index is 213. The van der Waals surface area contributed by atoms with Crippen LogP contribution in [0.2, 0.25) is 0 Å². The smallest absolute Gasteiger partial charge is 0.0925 e. The van der Waals surface area contributed by atoms with Gasteiger partial charge < -0.3 is 10.3 Å². The van der Waals surface area contributed by atoms with Gasteiger partial charge in [0.15, 0.2) is 0 Å². The quantitative estimate of drug-likeness (QED) is 0.767. The van der Waals surface area contributed by atoms with Gasteiger partial charge in [0.1, 0.15) is 0 Å². The molecule has 1 heterocycles. The number of aromatic amines is 1. The van der Waals surface area contributed by atoms with Crippen molar-refractivity contribution in [2.24, 2.45) is 0 Å². The number of hydrogen-bond donors (Lipinski definition) is 2. The van der Waals surface area contributed by atoms with Gasteiger partial charge in [-0.25, -0.2) is 4.98 Å². The van der Waals surface area contributed by atoms with Crippen LogP contribution in [-0.4, -0.2) is 23.1 Å². The summed E-state index contributed by atoms with van der Waals surface area (Å²) in [4.78, 5) is 7.25. The molecule has 3 nitrogen and oxygen atoms in total. The van der Waals surface area contributed by atoms with Crippen molar-refractivity contribution in [2.75, 3.05) is 13.1 Å². The van der Waals surface area contributed by atoms with E-state index in [9.17, 15) is 0 Å². The van der Waals surface area contributed by atoms with Gasteiger partial charge in [-0.1, -0.05) is 6.92 Å². The molecule has 13 heavy (non-hydrogen) atoms. The van der Waals surface area contributed by atoms with Gasteiger partial charge >= 0.3 is 0 Å². The van der Waals surface area contributed by atoms with Crippen LogP contribution in [-0.2, 0) is 6.42 Å². The number of imidazole rings is 1. The van der Waals surface area contributed by atoms with E-state index in [1.807, 2.05) is 6.92 Å². The lowest BCUT2D eigenvalue weighted by atomic mass is 10.2. The third kappa shape index (κ3) is 5.13. The molecule has 0 saturated heterocycles. The second-order valence-electron chi connectivity index (χ2n) is 2.58. The monoisotopic (exact) mass is 225 g/mol. The van der Waals surface area contributed by atoms with E-state index in [0.29, 0.717) is 0 Å². The maximum atomic E-state index is 4.19. The summed E-state index contributed by atoms with van der Waals surface area (Å²) in [5, 5.41) is 3.26. The summed E-state index contributed by atoms with van der Waals surface area (Å²) in [6.07, 6.45) is 2.76. The Morgan fingerprint density at radius 3 is 2.62 bits per heavy atom. The summed E-state index contributed by atoms with van der Waals surface area (Å²) < 4.78 is 0. The summed E-state index contributed by atoms with van der Waals surface area (Å²) in [5.41, 5.74) is 2.36. The van der Waals surface area contributed by atoms with Crippen LogP contribution in [0.1, 0.15) is 18.3 Å². The Labute approximate surface area is 91.5 Å². The second kappa shape index (κ2) is 8.35. The lowest BCUT2D eigenvalue weighted by molar-refractivity contribution is 0.708. The average molecular weight is 226 g/mol. The van der Waals surface area contributed by atoms with Gasteiger partial charge in [-0.3, -0.25) is 0 Å². The Morgan fingerprint density at radius 1 is 1.46 bits per heavy atom. The third-order valence-corrected chi connectivity index (χ3v) is 1.72. The molecule has 0 aromatic carbocycles. The molecule has 0 saturated carbocycles. The zero-order chi connectivity index (χ0) is 8.10. The van der Waals surface area contributed by atoms with Gasteiger partial charge in [0.05, 0.1) is 12.0 Å². The van der Waals surface area contributed by atoms with E-state index < -0.39 is 0 Å². The molecule has 0 bridgehead atoms. The summed E-state index contributed by atoms with van der Waals surface area (Å²) in [6.45, 7) is 6.21. The van der Waals surface area contributed by atoms with E-state index in [2.05, 4.69) is 22.2 Å². The number of nitrogens with one attached hydrogen (secondary N) is 2. The van der Waals surface area contributed by atoms with Gasteiger partial charge in [0.25, 0.3) is 0 Å². The molecule has 5 heteroatoms. The van der Waals surface area contributed by atoms with Crippen molar-refractivity contribution in [1.82, 2.24) is 15.3 Å². The number of H-pyrrole nitrogens is 1. The van der Waals surface area contributed by atoms with E-state index in [0.717, 1.165) is 19.5 Å².